The van der Waals surface area contributed by atoms with E-state index in [-0.39, 0.29) is 0 Å². The maximum absolute atomic E-state index is 10.8. The number of carbonyl (C=O) groups is 1. The summed E-state index contributed by atoms with van der Waals surface area (Å²) in [6.07, 6.45) is 0.906. The van der Waals surface area contributed by atoms with Gasteiger partial charge in [0.2, 0.25) is 0 Å². The molecule has 1 aliphatic heterocycles. The van der Waals surface area contributed by atoms with E-state index < -0.39 is 0 Å². The molecule has 0 saturated carbocycles. The lowest BCUT2D eigenvalue weighted by atomic mass is 10.1. The van der Waals surface area contributed by atoms with Crippen LogP contribution in [0.25, 0.3) is 0 Å². The number of aldehydes is 1. The first-order valence-corrected chi connectivity index (χ1v) is 5.78. The van der Waals surface area contributed by atoms with E-state index in [2.05, 4.69) is 15.2 Å². The smallest absolute Gasteiger partial charge is 0.166 e. The molecule has 0 aromatic carbocycles. The predicted molar refractivity (Wildman–Crippen MR) is 63.8 cm³/mol. The van der Waals surface area contributed by atoms with E-state index in [4.69, 9.17) is 0 Å². The van der Waals surface area contributed by atoms with Crippen LogP contribution in [0.15, 0.2) is 0 Å². The fourth-order valence-electron chi connectivity index (χ4n) is 2.26. The summed E-state index contributed by atoms with van der Waals surface area (Å²) < 4.78 is 0. The Morgan fingerprint density at radius 2 is 2.00 bits per heavy atom. The van der Waals surface area contributed by atoms with E-state index >= 15 is 0 Å². The number of piperazine rings is 1. The summed E-state index contributed by atoms with van der Waals surface area (Å²) in [7, 11) is 0. The van der Waals surface area contributed by atoms with E-state index in [0.29, 0.717) is 0 Å². The minimum absolute atomic E-state index is 0.725. The van der Waals surface area contributed by atoms with E-state index in [1.54, 1.807) is 0 Å². The monoisotopic (exact) mass is 221 g/mol. The molecule has 4 nitrogen and oxygen atoms in total. The summed E-state index contributed by atoms with van der Waals surface area (Å²) >= 11 is 0. The van der Waals surface area contributed by atoms with Crippen molar-refractivity contribution in [2.45, 2.75) is 20.4 Å². The predicted octanol–water partition coefficient (Wildman–Crippen LogP) is 0.849. The first kappa shape index (κ1) is 11.4. The van der Waals surface area contributed by atoms with Gasteiger partial charge in [-0.15, -0.1) is 0 Å². The third-order valence-corrected chi connectivity index (χ3v) is 3.34. The van der Waals surface area contributed by atoms with E-state index in [0.717, 1.165) is 56.0 Å². The van der Waals surface area contributed by atoms with Crippen molar-refractivity contribution >= 4 is 6.29 Å². The van der Waals surface area contributed by atoms with Crippen molar-refractivity contribution in [3.63, 3.8) is 0 Å². The van der Waals surface area contributed by atoms with Crippen LogP contribution in [0.3, 0.4) is 0 Å². The Morgan fingerprint density at radius 3 is 2.56 bits per heavy atom. The van der Waals surface area contributed by atoms with Crippen molar-refractivity contribution in [3.05, 3.63) is 22.5 Å². The van der Waals surface area contributed by atoms with Crippen LogP contribution in [0.2, 0.25) is 0 Å². The molecule has 0 amide bonds. The van der Waals surface area contributed by atoms with Gasteiger partial charge in [-0.05, 0) is 25.0 Å². The van der Waals surface area contributed by atoms with Crippen LogP contribution >= 0.6 is 0 Å². The maximum atomic E-state index is 10.8. The summed E-state index contributed by atoms with van der Waals surface area (Å²) in [6, 6.07) is 0. The van der Waals surface area contributed by atoms with Gasteiger partial charge in [-0.2, -0.15) is 0 Å². The minimum Gasteiger partial charge on any atom is -0.356 e. The third-order valence-electron chi connectivity index (χ3n) is 3.34. The minimum atomic E-state index is 0.725. The molecule has 16 heavy (non-hydrogen) atoms. The zero-order valence-electron chi connectivity index (χ0n) is 9.97. The SMILES string of the molecule is Cc1[nH]c(C=O)c(C)c1CN1CCNCC1. The summed E-state index contributed by atoms with van der Waals surface area (Å²) in [6.45, 7) is 9.29. The first-order chi connectivity index (χ1) is 7.72. The van der Waals surface area contributed by atoms with Gasteiger partial charge < -0.3 is 10.3 Å². The lowest BCUT2D eigenvalue weighted by Crippen LogP contribution is -2.43. The Kier molecular flexibility index (Phi) is 3.41. The molecule has 2 rings (SSSR count). The Labute approximate surface area is 96.0 Å². The number of aromatic amines is 1. The molecule has 0 radical (unpaired) electrons. The second kappa shape index (κ2) is 4.80. The van der Waals surface area contributed by atoms with Crippen LogP contribution in [-0.2, 0) is 6.54 Å². The molecule has 4 heteroatoms. The second-order valence-corrected chi connectivity index (χ2v) is 4.41. The fourth-order valence-corrected chi connectivity index (χ4v) is 2.26. The molecule has 0 atom stereocenters. The number of rotatable bonds is 3. The molecular weight excluding hydrogens is 202 g/mol. The van der Waals surface area contributed by atoms with Gasteiger partial charge in [-0.1, -0.05) is 0 Å². The zero-order valence-corrected chi connectivity index (χ0v) is 9.97. The van der Waals surface area contributed by atoms with E-state index in [1.807, 2.05) is 13.8 Å². The number of aryl methyl sites for hydroxylation is 1. The van der Waals surface area contributed by atoms with Crippen molar-refractivity contribution < 1.29 is 4.79 Å². The normalized spacial score (nSPS) is 17.6. The van der Waals surface area contributed by atoms with Gasteiger partial charge in [0, 0.05) is 38.4 Å². The van der Waals surface area contributed by atoms with Crippen molar-refractivity contribution in [3.8, 4) is 0 Å². The van der Waals surface area contributed by atoms with Gasteiger partial charge in [-0.3, -0.25) is 9.69 Å². The molecule has 0 bridgehead atoms. The van der Waals surface area contributed by atoms with Crippen LogP contribution in [0.5, 0.6) is 0 Å². The van der Waals surface area contributed by atoms with E-state index in [1.165, 1.54) is 5.56 Å². The molecule has 0 spiro atoms. The number of hydrogen-bond donors (Lipinski definition) is 2. The first-order valence-electron chi connectivity index (χ1n) is 5.78. The highest BCUT2D eigenvalue weighted by atomic mass is 16.1. The van der Waals surface area contributed by atoms with Gasteiger partial charge in [0.1, 0.15) is 0 Å². The van der Waals surface area contributed by atoms with Crippen molar-refractivity contribution in [1.29, 1.82) is 0 Å². The lowest BCUT2D eigenvalue weighted by molar-refractivity contribution is 0.111. The maximum Gasteiger partial charge on any atom is 0.166 e. The number of H-pyrrole nitrogens is 1. The van der Waals surface area contributed by atoms with Gasteiger partial charge >= 0.3 is 0 Å². The van der Waals surface area contributed by atoms with Gasteiger partial charge in [-0.25, -0.2) is 0 Å². The number of aromatic nitrogens is 1. The quantitative estimate of drug-likeness (QED) is 0.744. The molecule has 0 aliphatic carbocycles. The van der Waals surface area contributed by atoms with Crippen LogP contribution in [0.1, 0.15) is 27.3 Å². The third kappa shape index (κ3) is 2.18. The number of nitrogens with one attached hydrogen (secondary N) is 2. The average Bonchev–Trinajstić information content (AvgIpc) is 2.58. The molecule has 2 N–H and O–H groups in total. The van der Waals surface area contributed by atoms with Crippen LogP contribution < -0.4 is 5.32 Å². The van der Waals surface area contributed by atoms with Crippen molar-refractivity contribution in [2.75, 3.05) is 26.2 Å². The lowest BCUT2D eigenvalue weighted by Gasteiger charge is -2.27. The standard InChI is InChI=1S/C12H19N3O/c1-9-11(10(2)14-12(9)8-16)7-15-5-3-13-4-6-15/h8,13-14H,3-7H2,1-2H3. The summed E-state index contributed by atoms with van der Waals surface area (Å²) in [5.74, 6) is 0. The Morgan fingerprint density at radius 1 is 1.31 bits per heavy atom. The van der Waals surface area contributed by atoms with E-state index in [9.17, 15) is 4.79 Å². The van der Waals surface area contributed by atoms with Crippen LogP contribution in [0, 0.1) is 13.8 Å². The summed E-state index contributed by atoms with van der Waals surface area (Å²) in [5, 5.41) is 3.34. The fraction of sp³-hybridized carbons (Fsp3) is 0.583. The Hall–Kier alpha value is -1.13. The highest BCUT2D eigenvalue weighted by Crippen LogP contribution is 2.18. The average molecular weight is 221 g/mol. The number of hydrogen-bond acceptors (Lipinski definition) is 3. The molecular formula is C12H19N3O. The Bertz CT molecular complexity index is 378. The Balaban J connectivity index is 2.13. The van der Waals surface area contributed by atoms with Gasteiger partial charge in [0.25, 0.3) is 0 Å². The number of nitrogens with zero attached hydrogens (tertiary/aromatic N) is 1. The molecule has 1 fully saturated rings. The topological polar surface area (TPSA) is 48.1 Å². The summed E-state index contributed by atoms with van der Waals surface area (Å²) in [5.41, 5.74) is 4.23. The molecule has 88 valence electrons. The van der Waals surface area contributed by atoms with Crippen molar-refractivity contribution in [1.82, 2.24) is 15.2 Å². The molecule has 1 aromatic heterocycles. The zero-order chi connectivity index (χ0) is 11.5. The molecule has 2 heterocycles. The second-order valence-electron chi connectivity index (χ2n) is 4.41. The molecule has 0 unspecified atom stereocenters. The largest absolute Gasteiger partial charge is 0.356 e. The molecule has 1 aromatic rings. The van der Waals surface area contributed by atoms with Gasteiger partial charge in [0.05, 0.1) is 5.69 Å². The van der Waals surface area contributed by atoms with Crippen LogP contribution in [-0.4, -0.2) is 42.3 Å². The summed E-state index contributed by atoms with van der Waals surface area (Å²) in [4.78, 5) is 16.4. The molecule has 1 saturated heterocycles. The highest BCUT2D eigenvalue weighted by Gasteiger charge is 2.15. The van der Waals surface area contributed by atoms with Crippen molar-refractivity contribution in [2.24, 2.45) is 0 Å². The van der Waals surface area contributed by atoms with Gasteiger partial charge in [0.15, 0.2) is 6.29 Å². The molecule has 1 aliphatic rings. The highest BCUT2D eigenvalue weighted by molar-refractivity contribution is 5.75. The van der Waals surface area contributed by atoms with Crippen LogP contribution in [0.4, 0.5) is 0 Å². The number of carbonyl (C=O) groups excluding carboxylic acids is 1.